The Labute approximate surface area is 148 Å². The Morgan fingerprint density at radius 3 is 2.73 bits per heavy atom. The van der Waals surface area contributed by atoms with Gasteiger partial charge in [0.05, 0.1) is 11.0 Å². The first-order chi connectivity index (χ1) is 11.9. The Bertz CT molecular complexity index is 686. The van der Waals surface area contributed by atoms with Crippen LogP contribution in [-0.2, 0) is 16.5 Å². The predicted octanol–water partition coefficient (Wildman–Crippen LogP) is 2.71. The van der Waals surface area contributed by atoms with Gasteiger partial charge in [-0.25, -0.2) is 13.6 Å². The van der Waals surface area contributed by atoms with Crippen LogP contribution >= 0.6 is 0 Å². The number of amides is 1. The summed E-state index contributed by atoms with van der Waals surface area (Å²) in [4.78, 5) is 22.3. The fourth-order valence-electron chi connectivity index (χ4n) is 2.72. The lowest BCUT2D eigenvalue weighted by atomic mass is 10.0. The van der Waals surface area contributed by atoms with Crippen LogP contribution in [0.5, 0.6) is 0 Å². The summed E-state index contributed by atoms with van der Waals surface area (Å²) in [5.41, 5.74) is -0.999. The molecule has 1 aliphatic rings. The molecule has 0 bridgehead atoms. The van der Waals surface area contributed by atoms with Crippen LogP contribution in [-0.4, -0.2) is 45.0 Å². The fraction of sp³-hybridized carbons (Fsp3) is 0.733. The molecule has 11 heteroatoms. The average Bonchev–Trinajstić information content (AvgIpc) is 2.79. The van der Waals surface area contributed by atoms with Gasteiger partial charge in [0.2, 0.25) is 0 Å². The summed E-state index contributed by atoms with van der Waals surface area (Å²) < 4.78 is 40.2. The number of halogens is 2. The zero-order chi connectivity index (χ0) is 19.7. The van der Waals surface area contributed by atoms with Gasteiger partial charge in [0, 0.05) is 7.05 Å². The number of nitrogens with one attached hydrogen (secondary N) is 1. The smallest absolute Gasteiger partial charge is 0.408 e. The molecule has 26 heavy (non-hydrogen) atoms. The number of aryl methyl sites for hydroxylation is 1. The van der Waals surface area contributed by atoms with Crippen LogP contribution in [0.4, 0.5) is 19.3 Å². The average molecular weight is 376 g/mol. The highest BCUT2D eigenvalue weighted by Gasteiger charge is 2.45. The van der Waals surface area contributed by atoms with Crippen LogP contribution in [0.3, 0.4) is 0 Å². The van der Waals surface area contributed by atoms with E-state index in [4.69, 9.17) is 9.47 Å². The lowest BCUT2D eigenvalue weighted by Gasteiger charge is -2.27. The van der Waals surface area contributed by atoms with Crippen molar-refractivity contribution in [1.82, 2.24) is 15.1 Å². The van der Waals surface area contributed by atoms with Crippen molar-refractivity contribution in [3.63, 3.8) is 0 Å². The van der Waals surface area contributed by atoms with Gasteiger partial charge >= 0.3 is 11.8 Å². The van der Waals surface area contributed by atoms with Crippen molar-refractivity contribution in [3.05, 3.63) is 22.0 Å². The second-order valence-corrected chi connectivity index (χ2v) is 7.13. The molecule has 9 nitrogen and oxygen atoms in total. The molecule has 146 valence electrons. The molecular weight excluding hydrogens is 354 g/mol. The summed E-state index contributed by atoms with van der Waals surface area (Å²) in [5.74, 6) is -3.35. The van der Waals surface area contributed by atoms with Crippen LogP contribution in [0.15, 0.2) is 6.20 Å². The number of nitrogens with zero attached hydrogens (tertiary/aromatic N) is 3. The van der Waals surface area contributed by atoms with Gasteiger partial charge in [0.25, 0.3) is 5.92 Å². The maximum atomic E-state index is 14.3. The standard InChI is InChI=1S/C15H22F2N4O5/c1-14(2,3)26-13(22)19-11-6-5-10(25-8-15(11,16)17)12-9(21(23)24)7-18-20(12)4/h7,10-11H,5-6,8H2,1-4H3,(H,19,22)/t10?,11-/m1/s1. The number of alkyl carbamates (subject to hydrolysis) is 1. The number of ether oxygens (including phenoxy) is 2. The van der Waals surface area contributed by atoms with E-state index in [0.717, 1.165) is 6.20 Å². The molecule has 1 saturated heterocycles. The zero-order valence-corrected chi connectivity index (χ0v) is 15.0. The van der Waals surface area contributed by atoms with Crippen molar-refractivity contribution < 1.29 is 28.0 Å². The lowest BCUT2D eigenvalue weighted by Crippen LogP contribution is -2.50. The molecular formula is C15H22F2N4O5. The van der Waals surface area contributed by atoms with Crippen LogP contribution in [0, 0.1) is 10.1 Å². The van der Waals surface area contributed by atoms with Crippen LogP contribution in [0.1, 0.15) is 45.4 Å². The minimum atomic E-state index is -3.35. The maximum absolute atomic E-state index is 14.3. The SMILES string of the molecule is Cn1ncc([N+](=O)[O-])c1C1CC[C@@H](NC(=O)OC(C)(C)C)C(F)(F)CO1. The first kappa shape index (κ1) is 20.0. The summed E-state index contributed by atoms with van der Waals surface area (Å²) in [6.07, 6.45) is -0.917. The van der Waals surface area contributed by atoms with Crippen molar-refractivity contribution in [2.45, 2.75) is 57.3 Å². The molecule has 2 rings (SSSR count). The summed E-state index contributed by atoms with van der Waals surface area (Å²) in [5, 5.41) is 17.1. The van der Waals surface area contributed by atoms with Gasteiger partial charge in [-0.05, 0) is 33.6 Å². The normalized spacial score (nSPS) is 23.2. The molecule has 1 aliphatic heterocycles. The first-order valence-electron chi connectivity index (χ1n) is 8.06. The second-order valence-electron chi connectivity index (χ2n) is 7.13. The minimum absolute atomic E-state index is 0.0520. The highest BCUT2D eigenvalue weighted by Crippen LogP contribution is 2.37. The zero-order valence-electron chi connectivity index (χ0n) is 15.0. The van der Waals surface area contributed by atoms with Crippen LogP contribution in [0.25, 0.3) is 0 Å². The molecule has 0 spiro atoms. The van der Waals surface area contributed by atoms with Crippen LogP contribution in [0.2, 0.25) is 0 Å². The van der Waals surface area contributed by atoms with E-state index in [1.54, 1.807) is 20.8 Å². The van der Waals surface area contributed by atoms with Crippen molar-refractivity contribution in [1.29, 1.82) is 0 Å². The van der Waals surface area contributed by atoms with E-state index in [1.165, 1.54) is 11.7 Å². The molecule has 2 heterocycles. The molecule has 1 fully saturated rings. The lowest BCUT2D eigenvalue weighted by molar-refractivity contribution is -0.386. The van der Waals surface area contributed by atoms with Gasteiger partial charge in [-0.1, -0.05) is 0 Å². The minimum Gasteiger partial charge on any atom is -0.444 e. The number of carbonyl (C=O) groups excluding carboxylic acids is 1. The Hall–Kier alpha value is -2.30. The number of hydrogen-bond acceptors (Lipinski definition) is 6. The van der Waals surface area contributed by atoms with Crippen molar-refractivity contribution in [3.8, 4) is 0 Å². The van der Waals surface area contributed by atoms with Crippen LogP contribution < -0.4 is 5.32 Å². The maximum Gasteiger partial charge on any atom is 0.408 e. The van der Waals surface area contributed by atoms with Gasteiger partial charge in [0.1, 0.15) is 30.2 Å². The first-order valence-corrected chi connectivity index (χ1v) is 8.06. The van der Waals surface area contributed by atoms with E-state index in [1.807, 2.05) is 0 Å². The van der Waals surface area contributed by atoms with E-state index in [2.05, 4.69) is 10.4 Å². The third kappa shape index (κ3) is 4.65. The highest BCUT2D eigenvalue weighted by atomic mass is 19.3. The topological polar surface area (TPSA) is 109 Å². The highest BCUT2D eigenvalue weighted by molar-refractivity contribution is 5.68. The molecule has 1 aromatic rings. The second kappa shape index (κ2) is 7.14. The van der Waals surface area contributed by atoms with Gasteiger partial charge < -0.3 is 14.8 Å². The molecule has 0 aliphatic carbocycles. The number of aromatic nitrogens is 2. The molecule has 1 unspecified atom stereocenters. The number of carbonyl (C=O) groups is 1. The third-order valence-corrected chi connectivity index (χ3v) is 3.86. The Morgan fingerprint density at radius 2 is 2.15 bits per heavy atom. The number of rotatable bonds is 3. The Kier molecular flexibility index (Phi) is 5.49. The number of hydrogen-bond donors (Lipinski definition) is 1. The third-order valence-electron chi connectivity index (χ3n) is 3.86. The largest absolute Gasteiger partial charge is 0.444 e. The molecule has 1 amide bonds. The number of alkyl halides is 2. The van der Waals surface area contributed by atoms with E-state index < -0.39 is 41.3 Å². The van der Waals surface area contributed by atoms with Gasteiger partial charge in [0.15, 0.2) is 0 Å². The quantitative estimate of drug-likeness (QED) is 0.642. The molecule has 0 saturated carbocycles. The monoisotopic (exact) mass is 376 g/mol. The molecule has 1 aromatic heterocycles. The van der Waals surface area contributed by atoms with Crippen molar-refractivity contribution in [2.24, 2.45) is 7.05 Å². The fourth-order valence-corrected chi connectivity index (χ4v) is 2.72. The van der Waals surface area contributed by atoms with Gasteiger partial charge in [-0.2, -0.15) is 5.10 Å². The Morgan fingerprint density at radius 1 is 1.50 bits per heavy atom. The van der Waals surface area contributed by atoms with Crippen molar-refractivity contribution >= 4 is 11.8 Å². The van der Waals surface area contributed by atoms with E-state index in [9.17, 15) is 23.7 Å². The van der Waals surface area contributed by atoms with E-state index >= 15 is 0 Å². The van der Waals surface area contributed by atoms with E-state index in [0.29, 0.717) is 0 Å². The Balaban J connectivity index is 2.15. The van der Waals surface area contributed by atoms with Gasteiger partial charge in [-0.3, -0.25) is 14.8 Å². The summed E-state index contributed by atoms with van der Waals surface area (Å²) in [7, 11) is 1.48. The predicted molar refractivity (Wildman–Crippen MR) is 85.9 cm³/mol. The van der Waals surface area contributed by atoms with E-state index in [-0.39, 0.29) is 24.2 Å². The molecule has 2 atom stereocenters. The summed E-state index contributed by atoms with van der Waals surface area (Å²) in [6.45, 7) is 3.88. The summed E-state index contributed by atoms with van der Waals surface area (Å²) >= 11 is 0. The molecule has 0 radical (unpaired) electrons. The number of nitro groups is 1. The van der Waals surface area contributed by atoms with Crippen molar-refractivity contribution in [2.75, 3.05) is 6.61 Å². The molecule has 0 aromatic carbocycles. The molecule has 1 N–H and O–H groups in total. The van der Waals surface area contributed by atoms with Gasteiger partial charge in [-0.15, -0.1) is 0 Å². The summed E-state index contributed by atoms with van der Waals surface area (Å²) in [6, 6.07) is -1.50.